The van der Waals surface area contributed by atoms with E-state index in [0.717, 1.165) is 51.7 Å². The second-order valence-electron chi connectivity index (χ2n) is 9.96. The maximum atomic E-state index is 11.3. The molecule has 0 saturated carbocycles. The van der Waals surface area contributed by atoms with Crippen molar-refractivity contribution in [2.45, 2.75) is 115 Å². The van der Waals surface area contributed by atoms with Gasteiger partial charge in [0.15, 0.2) is 5.96 Å². The summed E-state index contributed by atoms with van der Waals surface area (Å²) in [6.07, 6.45) is 26.3. The lowest BCUT2D eigenvalue weighted by atomic mass is 10.0. The van der Waals surface area contributed by atoms with Crippen LogP contribution < -0.4 is 11.5 Å². The van der Waals surface area contributed by atoms with Crippen LogP contribution in [0.1, 0.15) is 103 Å². The summed E-state index contributed by atoms with van der Waals surface area (Å²) in [5, 5.41) is 11.3. The molecule has 2 aliphatic rings. The van der Waals surface area contributed by atoms with E-state index in [1.807, 2.05) is 6.08 Å². The standard InChI is InChI=1S/C27H51N5O/c1-2-3-4-5-6-7-8-9-10-11-12-13-14-19-27(33)20-18-25-31(23-17-24-32(25)27)22-16-15-21-30-26(28)29/h2,18,20,25,33H,1,3-17,19,21-24H2,(H4,28,29,30). The van der Waals surface area contributed by atoms with Crippen LogP contribution in [0.3, 0.4) is 0 Å². The molecule has 190 valence electrons. The average molecular weight is 462 g/mol. The lowest BCUT2D eigenvalue weighted by Crippen LogP contribution is -2.58. The Labute approximate surface area is 203 Å². The minimum atomic E-state index is -0.757. The molecule has 0 aromatic heterocycles. The van der Waals surface area contributed by atoms with Crippen LogP contribution in [0.5, 0.6) is 0 Å². The first-order valence-corrected chi connectivity index (χ1v) is 13.7. The lowest BCUT2D eigenvalue weighted by molar-refractivity contribution is -0.122. The fourth-order valence-corrected chi connectivity index (χ4v) is 5.26. The zero-order chi connectivity index (χ0) is 23.8. The zero-order valence-corrected chi connectivity index (χ0v) is 21.1. The van der Waals surface area contributed by atoms with E-state index in [-0.39, 0.29) is 12.1 Å². The molecule has 0 aromatic rings. The van der Waals surface area contributed by atoms with E-state index in [4.69, 9.17) is 11.5 Å². The van der Waals surface area contributed by atoms with Crippen LogP contribution in [0.2, 0.25) is 0 Å². The minimum absolute atomic E-state index is 0.174. The normalized spacial score (nSPS) is 23.0. The van der Waals surface area contributed by atoms with Crippen molar-refractivity contribution in [2.24, 2.45) is 16.5 Å². The highest BCUT2D eigenvalue weighted by atomic mass is 16.3. The van der Waals surface area contributed by atoms with Crippen molar-refractivity contribution in [3.63, 3.8) is 0 Å². The van der Waals surface area contributed by atoms with E-state index in [9.17, 15) is 5.11 Å². The van der Waals surface area contributed by atoms with Gasteiger partial charge in [0.1, 0.15) is 5.72 Å². The molecule has 5 N–H and O–H groups in total. The van der Waals surface area contributed by atoms with Crippen molar-refractivity contribution in [1.82, 2.24) is 9.80 Å². The Bertz CT molecular complexity index is 589. The Morgan fingerprint density at radius 2 is 1.58 bits per heavy atom. The first kappa shape index (κ1) is 27.9. The first-order chi connectivity index (χ1) is 16.1. The number of hydrogen-bond donors (Lipinski definition) is 3. The number of unbranched alkanes of at least 4 members (excludes halogenated alkanes) is 12. The van der Waals surface area contributed by atoms with E-state index in [1.54, 1.807) is 0 Å². The highest BCUT2D eigenvalue weighted by Gasteiger charge is 2.43. The molecule has 1 fully saturated rings. The van der Waals surface area contributed by atoms with Gasteiger partial charge in [-0.2, -0.15) is 0 Å². The maximum Gasteiger partial charge on any atom is 0.185 e. The van der Waals surface area contributed by atoms with Crippen LogP contribution in [-0.2, 0) is 0 Å². The average Bonchev–Trinajstić information content (AvgIpc) is 3.14. The van der Waals surface area contributed by atoms with Crippen molar-refractivity contribution in [2.75, 3.05) is 26.2 Å². The van der Waals surface area contributed by atoms with E-state index in [1.165, 1.54) is 70.6 Å². The third-order valence-corrected chi connectivity index (χ3v) is 7.17. The Morgan fingerprint density at radius 3 is 2.21 bits per heavy atom. The lowest BCUT2D eigenvalue weighted by Gasteiger charge is -2.45. The number of guanidine groups is 1. The second kappa shape index (κ2) is 16.3. The van der Waals surface area contributed by atoms with Crippen molar-refractivity contribution in [3.8, 4) is 0 Å². The van der Waals surface area contributed by atoms with Crippen LogP contribution in [-0.4, -0.2) is 58.9 Å². The van der Waals surface area contributed by atoms with Crippen molar-refractivity contribution in [1.29, 1.82) is 0 Å². The highest BCUT2D eigenvalue weighted by molar-refractivity contribution is 5.75. The number of hydrogen-bond acceptors (Lipinski definition) is 4. The number of nitrogens with zero attached hydrogens (tertiary/aromatic N) is 3. The molecule has 33 heavy (non-hydrogen) atoms. The van der Waals surface area contributed by atoms with Gasteiger partial charge >= 0.3 is 0 Å². The van der Waals surface area contributed by atoms with Gasteiger partial charge in [0.05, 0.1) is 6.17 Å². The molecule has 2 rings (SSSR count). The summed E-state index contributed by atoms with van der Waals surface area (Å²) in [6, 6.07) is 0. The third kappa shape index (κ3) is 10.6. The molecule has 0 spiro atoms. The molecule has 0 bridgehead atoms. The van der Waals surface area contributed by atoms with E-state index in [0.29, 0.717) is 6.54 Å². The molecule has 6 heteroatoms. The molecule has 2 heterocycles. The van der Waals surface area contributed by atoms with E-state index < -0.39 is 5.72 Å². The van der Waals surface area contributed by atoms with Gasteiger partial charge in [0.2, 0.25) is 0 Å². The molecule has 6 nitrogen and oxygen atoms in total. The van der Waals surface area contributed by atoms with E-state index >= 15 is 0 Å². The van der Waals surface area contributed by atoms with Gasteiger partial charge in [-0.25, -0.2) is 0 Å². The van der Waals surface area contributed by atoms with Gasteiger partial charge in [-0.15, -0.1) is 6.58 Å². The Balaban J connectivity index is 1.53. The summed E-state index contributed by atoms with van der Waals surface area (Å²) in [5.74, 6) is 0.174. The summed E-state index contributed by atoms with van der Waals surface area (Å²) in [7, 11) is 0. The first-order valence-electron chi connectivity index (χ1n) is 13.7. The molecule has 1 saturated heterocycles. The van der Waals surface area contributed by atoms with Crippen molar-refractivity contribution >= 4 is 5.96 Å². The Hall–Kier alpha value is -1.37. The predicted molar refractivity (Wildman–Crippen MR) is 141 cm³/mol. The molecule has 2 aliphatic heterocycles. The van der Waals surface area contributed by atoms with Crippen LogP contribution >= 0.6 is 0 Å². The predicted octanol–water partition coefficient (Wildman–Crippen LogP) is 4.89. The number of aliphatic imine (C=N–C) groups is 1. The molecule has 2 atom stereocenters. The molecule has 0 radical (unpaired) electrons. The summed E-state index contributed by atoms with van der Waals surface area (Å²) in [5.41, 5.74) is 10.0. The largest absolute Gasteiger partial charge is 0.372 e. The van der Waals surface area contributed by atoms with Gasteiger partial charge in [0.25, 0.3) is 0 Å². The maximum absolute atomic E-state index is 11.3. The summed E-state index contributed by atoms with van der Waals surface area (Å²) < 4.78 is 0. The van der Waals surface area contributed by atoms with Crippen LogP contribution in [0, 0.1) is 0 Å². The van der Waals surface area contributed by atoms with Gasteiger partial charge in [-0.3, -0.25) is 14.8 Å². The van der Waals surface area contributed by atoms with Gasteiger partial charge in [-0.05, 0) is 57.6 Å². The third-order valence-electron chi connectivity index (χ3n) is 7.17. The molecular weight excluding hydrogens is 410 g/mol. The van der Waals surface area contributed by atoms with Crippen LogP contribution in [0.15, 0.2) is 29.8 Å². The molecule has 0 aliphatic carbocycles. The smallest absolute Gasteiger partial charge is 0.185 e. The van der Waals surface area contributed by atoms with Gasteiger partial charge in [-0.1, -0.05) is 69.9 Å². The Kier molecular flexibility index (Phi) is 13.8. The molecule has 0 amide bonds. The Morgan fingerprint density at radius 1 is 0.939 bits per heavy atom. The van der Waals surface area contributed by atoms with Crippen LogP contribution in [0.25, 0.3) is 0 Å². The quantitative estimate of drug-likeness (QED) is 0.110. The SMILES string of the molecule is C=CCCCCCCCCCCCCCC1(O)C=CC2N(CCCCN=C(N)N)CCCN21. The fraction of sp³-hybridized carbons (Fsp3) is 0.815. The van der Waals surface area contributed by atoms with Crippen LogP contribution in [0.4, 0.5) is 0 Å². The topological polar surface area (TPSA) is 91.1 Å². The monoisotopic (exact) mass is 461 g/mol. The molecule has 2 unspecified atom stereocenters. The number of nitrogens with two attached hydrogens (primary N) is 2. The summed E-state index contributed by atoms with van der Waals surface area (Å²) in [6.45, 7) is 7.58. The fourth-order valence-electron chi connectivity index (χ4n) is 5.26. The number of aliphatic hydroxyl groups is 1. The highest BCUT2D eigenvalue weighted by Crippen LogP contribution is 2.34. The summed E-state index contributed by atoms with van der Waals surface area (Å²) in [4.78, 5) is 8.87. The molecular formula is C27H51N5O. The number of rotatable bonds is 19. The number of fused-ring (bicyclic) bond motifs is 1. The van der Waals surface area contributed by atoms with Gasteiger partial charge < -0.3 is 16.6 Å². The van der Waals surface area contributed by atoms with Gasteiger partial charge in [0, 0.05) is 19.6 Å². The number of allylic oxidation sites excluding steroid dienone is 1. The summed E-state index contributed by atoms with van der Waals surface area (Å²) >= 11 is 0. The van der Waals surface area contributed by atoms with Crippen molar-refractivity contribution < 1.29 is 5.11 Å². The van der Waals surface area contributed by atoms with E-state index in [2.05, 4.69) is 33.5 Å². The molecule has 0 aromatic carbocycles. The zero-order valence-electron chi connectivity index (χ0n) is 21.1. The minimum Gasteiger partial charge on any atom is -0.372 e. The second-order valence-corrected chi connectivity index (χ2v) is 9.96. The van der Waals surface area contributed by atoms with Crippen molar-refractivity contribution in [3.05, 3.63) is 24.8 Å².